The fourth-order valence-electron chi connectivity index (χ4n) is 0.895. The molecule has 1 rings (SSSR count). The van der Waals surface area contributed by atoms with Crippen LogP contribution in [0.2, 0.25) is 0 Å². The van der Waals surface area contributed by atoms with Gasteiger partial charge in [0.15, 0.2) is 0 Å². The zero-order valence-electron chi connectivity index (χ0n) is 7.56. The van der Waals surface area contributed by atoms with Crippen LogP contribution in [-0.4, -0.2) is 34.7 Å². The van der Waals surface area contributed by atoms with Crippen molar-refractivity contribution in [3.63, 3.8) is 0 Å². The highest BCUT2D eigenvalue weighted by Gasteiger charge is 2.11. The van der Waals surface area contributed by atoms with E-state index in [1.807, 2.05) is 0 Å². The molecule has 0 unspecified atom stereocenters. The monoisotopic (exact) mass is 199 g/mol. The van der Waals surface area contributed by atoms with Crippen LogP contribution in [0.5, 0.6) is 0 Å². The molecule has 0 atom stereocenters. The fraction of sp³-hybridized carbons (Fsp3) is 0.286. The van der Waals surface area contributed by atoms with Crippen molar-refractivity contribution >= 4 is 5.84 Å². The molecule has 0 saturated carbocycles. The van der Waals surface area contributed by atoms with Crippen LogP contribution in [0.4, 0.5) is 0 Å². The van der Waals surface area contributed by atoms with Crippen LogP contribution in [0.3, 0.4) is 0 Å². The van der Waals surface area contributed by atoms with Gasteiger partial charge >= 0.3 is 0 Å². The molecule has 0 radical (unpaired) electrons. The molecule has 0 aromatic carbocycles. The molecule has 0 aliphatic carbocycles. The van der Waals surface area contributed by atoms with E-state index in [9.17, 15) is 0 Å². The van der Waals surface area contributed by atoms with Gasteiger partial charge in [-0.3, -0.25) is 10.9 Å². The van der Waals surface area contributed by atoms with Gasteiger partial charge in [0.05, 0.1) is 5.70 Å². The van der Waals surface area contributed by atoms with E-state index in [2.05, 4.69) is 27.8 Å². The van der Waals surface area contributed by atoms with Crippen LogP contribution in [0.25, 0.3) is 0 Å². The zero-order valence-corrected chi connectivity index (χ0v) is 7.56. The van der Waals surface area contributed by atoms with Crippen molar-refractivity contribution < 1.29 is 10.2 Å². The second kappa shape index (κ2) is 5.35. The van der Waals surface area contributed by atoms with E-state index in [1.165, 1.54) is 5.23 Å². The van der Waals surface area contributed by atoms with Gasteiger partial charge in [0.25, 0.3) is 0 Å². The second-order valence-electron chi connectivity index (χ2n) is 2.36. The number of aliphatic imine (C=N–C) groups is 1. The Morgan fingerprint density at radius 1 is 1.57 bits per heavy atom. The number of hydrogen-bond acceptors (Lipinski definition) is 6. The molecule has 0 aromatic heterocycles. The van der Waals surface area contributed by atoms with Gasteiger partial charge in [0.2, 0.25) is 0 Å². The molecule has 1 aliphatic heterocycles. The number of rotatable bonds is 4. The van der Waals surface area contributed by atoms with Gasteiger partial charge in [-0.25, -0.2) is 4.99 Å². The average Bonchev–Trinajstić information content (AvgIpc) is 2.18. The third-order valence-electron chi connectivity index (χ3n) is 1.45. The molecule has 1 aliphatic rings. The number of nitrogens with one attached hydrogen (secondary N) is 3. The number of hydrogen-bond donors (Lipinski definition) is 5. The molecular formula is C7H13N5O2. The summed E-state index contributed by atoms with van der Waals surface area (Å²) in [7, 11) is 0. The van der Waals surface area contributed by atoms with Gasteiger partial charge in [-0.2, -0.15) is 5.43 Å². The van der Waals surface area contributed by atoms with Crippen molar-refractivity contribution in [3.8, 4) is 0 Å². The van der Waals surface area contributed by atoms with Gasteiger partial charge in [-0.15, -0.1) is 0 Å². The Kier molecular flexibility index (Phi) is 4.08. The SMILES string of the molecule is C=CC1=CC(=NCO)NN(NCO)N1. The third-order valence-corrected chi connectivity index (χ3v) is 1.45. The summed E-state index contributed by atoms with van der Waals surface area (Å²) in [5.74, 6) is 0.460. The van der Waals surface area contributed by atoms with E-state index in [4.69, 9.17) is 10.2 Å². The van der Waals surface area contributed by atoms with Crippen LogP contribution in [0.15, 0.2) is 29.4 Å². The zero-order chi connectivity index (χ0) is 10.4. The standard InChI is InChI=1S/C7H13N5O2/c1-2-6-3-7(8-4-13)11-12(10-6)9-5-14/h2-3,9-10,13-14H,1,4-5H2,(H,8,11). The van der Waals surface area contributed by atoms with Crippen LogP contribution >= 0.6 is 0 Å². The minimum absolute atomic E-state index is 0.239. The lowest BCUT2D eigenvalue weighted by atomic mass is 10.3. The minimum Gasteiger partial charge on any atom is -0.380 e. The highest BCUT2D eigenvalue weighted by molar-refractivity contribution is 5.93. The van der Waals surface area contributed by atoms with Crippen LogP contribution in [0, 0.1) is 0 Å². The van der Waals surface area contributed by atoms with E-state index >= 15 is 0 Å². The predicted molar refractivity (Wildman–Crippen MR) is 51.1 cm³/mol. The van der Waals surface area contributed by atoms with Crippen molar-refractivity contribution in [2.75, 3.05) is 13.5 Å². The van der Waals surface area contributed by atoms with E-state index in [1.54, 1.807) is 12.2 Å². The molecule has 14 heavy (non-hydrogen) atoms. The molecule has 7 nitrogen and oxygen atoms in total. The number of aliphatic hydroxyl groups is 2. The van der Waals surface area contributed by atoms with Gasteiger partial charge in [-0.1, -0.05) is 11.8 Å². The lowest BCUT2D eigenvalue weighted by Gasteiger charge is -2.29. The van der Waals surface area contributed by atoms with Crippen molar-refractivity contribution in [2.24, 2.45) is 4.99 Å². The summed E-state index contributed by atoms with van der Waals surface area (Å²) in [6.07, 6.45) is 3.25. The Bertz CT molecular complexity index is 263. The summed E-state index contributed by atoms with van der Waals surface area (Å²) in [5, 5.41) is 18.5. The quantitative estimate of drug-likeness (QED) is 0.343. The van der Waals surface area contributed by atoms with Crippen molar-refractivity contribution in [1.29, 1.82) is 0 Å². The number of aliphatic hydroxyl groups excluding tert-OH is 2. The summed E-state index contributed by atoms with van der Waals surface area (Å²) < 4.78 is 0. The number of allylic oxidation sites excluding steroid dienone is 1. The normalized spacial score (nSPS) is 19.9. The van der Waals surface area contributed by atoms with Crippen molar-refractivity contribution in [1.82, 2.24) is 21.5 Å². The molecule has 0 spiro atoms. The Hall–Kier alpha value is -1.41. The molecule has 5 N–H and O–H groups in total. The first-order chi connectivity index (χ1) is 6.80. The largest absolute Gasteiger partial charge is 0.380 e. The smallest absolute Gasteiger partial charge is 0.142 e. The van der Waals surface area contributed by atoms with E-state index in [0.717, 1.165) is 0 Å². The van der Waals surface area contributed by atoms with Gasteiger partial charge in [0, 0.05) is 6.08 Å². The molecule has 1 heterocycles. The molecule has 0 fully saturated rings. The van der Waals surface area contributed by atoms with E-state index in [0.29, 0.717) is 11.5 Å². The highest BCUT2D eigenvalue weighted by atomic mass is 16.3. The maximum atomic E-state index is 8.63. The second-order valence-corrected chi connectivity index (χ2v) is 2.36. The lowest BCUT2D eigenvalue weighted by Crippen LogP contribution is -2.60. The minimum atomic E-state index is -0.309. The summed E-state index contributed by atoms with van der Waals surface area (Å²) in [6.45, 7) is 3.03. The summed E-state index contributed by atoms with van der Waals surface area (Å²) in [4.78, 5) is 3.75. The summed E-state index contributed by atoms with van der Waals surface area (Å²) in [5.41, 5.74) is 8.80. The number of nitrogens with zero attached hydrogens (tertiary/aromatic N) is 2. The first-order valence-electron chi connectivity index (χ1n) is 3.97. The molecule has 0 aromatic rings. The Balaban J connectivity index is 2.70. The Labute approximate surface area is 81.3 Å². The molecule has 0 bridgehead atoms. The fourth-order valence-corrected chi connectivity index (χ4v) is 0.895. The first kappa shape index (κ1) is 10.7. The predicted octanol–water partition coefficient (Wildman–Crippen LogP) is -1.82. The third kappa shape index (κ3) is 2.82. The van der Waals surface area contributed by atoms with Gasteiger partial charge in [0.1, 0.15) is 19.3 Å². The molecular weight excluding hydrogens is 186 g/mol. The molecule has 7 heteroatoms. The van der Waals surface area contributed by atoms with Crippen LogP contribution in [0.1, 0.15) is 0 Å². The van der Waals surface area contributed by atoms with Gasteiger partial charge in [-0.05, 0) is 6.08 Å². The Morgan fingerprint density at radius 3 is 2.93 bits per heavy atom. The first-order valence-corrected chi connectivity index (χ1v) is 3.97. The topological polar surface area (TPSA) is 92.2 Å². The number of amidine groups is 1. The number of hydrazine groups is 3. The molecule has 0 saturated heterocycles. The van der Waals surface area contributed by atoms with Gasteiger partial charge < -0.3 is 10.2 Å². The Morgan fingerprint density at radius 2 is 2.36 bits per heavy atom. The van der Waals surface area contributed by atoms with Crippen LogP contribution in [-0.2, 0) is 0 Å². The average molecular weight is 199 g/mol. The molecule has 0 amide bonds. The lowest BCUT2D eigenvalue weighted by molar-refractivity contribution is 0.0462. The summed E-state index contributed by atoms with van der Waals surface area (Å²) >= 11 is 0. The van der Waals surface area contributed by atoms with Crippen molar-refractivity contribution in [2.45, 2.75) is 0 Å². The van der Waals surface area contributed by atoms with Crippen molar-refractivity contribution in [3.05, 3.63) is 24.4 Å². The van der Waals surface area contributed by atoms with Crippen LogP contribution < -0.4 is 16.3 Å². The van der Waals surface area contributed by atoms with E-state index in [-0.39, 0.29) is 13.5 Å². The maximum absolute atomic E-state index is 8.63. The maximum Gasteiger partial charge on any atom is 0.142 e. The molecule has 78 valence electrons. The summed E-state index contributed by atoms with van der Waals surface area (Å²) in [6, 6.07) is 0. The van der Waals surface area contributed by atoms with E-state index < -0.39 is 0 Å². The highest BCUT2D eigenvalue weighted by Crippen LogP contribution is 1.97.